The fourth-order valence-electron chi connectivity index (χ4n) is 0. The van der Waals surface area contributed by atoms with E-state index in [4.69, 9.17) is 20.9 Å². The van der Waals surface area contributed by atoms with Gasteiger partial charge in [-0.2, -0.15) is 5.26 Å². The first kappa shape index (κ1) is 16.1. The molecule has 0 spiro atoms. The molecule has 0 aromatic rings. The Kier molecular flexibility index (Phi) is 31.6. The zero-order chi connectivity index (χ0) is 6.28. The molecule has 0 fully saturated rings. The second kappa shape index (κ2) is 15.7. The second-order valence-corrected chi connectivity index (χ2v) is 1.77. The molecule has 0 aromatic heterocycles. The molecule has 0 unspecified atom stereocenters. The quantitative estimate of drug-likeness (QED) is 0.358. The molecule has 0 amide bonds. The van der Waals surface area contributed by atoms with E-state index in [0.29, 0.717) is 0 Å². The molecule has 0 bridgehead atoms. The summed E-state index contributed by atoms with van der Waals surface area (Å²) in [6, 6.07) is 0. The SMILES string of the molecule is N#CO.[K+].[O]=[W](=[O])[O-]. The number of hydrogen-bond donors (Lipinski definition) is 1. The minimum absolute atomic E-state index is 0. The van der Waals surface area contributed by atoms with E-state index in [1.807, 2.05) is 0 Å². The van der Waals surface area contributed by atoms with Gasteiger partial charge in [0, 0.05) is 0 Å². The van der Waals surface area contributed by atoms with E-state index < -0.39 is 17.6 Å². The standard InChI is InChI=1S/CHNO.K.3O.W/c2-1-3;;;;;/h3H;;;;;/q;+1;;;-1;. The van der Waals surface area contributed by atoms with Gasteiger partial charge in [-0.05, 0) is 0 Å². The maximum absolute atomic E-state index is 8.61. The van der Waals surface area contributed by atoms with E-state index in [1.165, 1.54) is 0 Å². The van der Waals surface area contributed by atoms with Crippen LogP contribution in [0.2, 0.25) is 0 Å². The van der Waals surface area contributed by atoms with Crippen LogP contribution in [-0.4, -0.2) is 5.11 Å². The average Bonchev–Trinajstić information content (AvgIpc) is 1.33. The molecule has 0 heterocycles. The van der Waals surface area contributed by atoms with E-state index in [-0.39, 0.29) is 51.4 Å². The van der Waals surface area contributed by atoms with Gasteiger partial charge in [0.1, 0.15) is 0 Å². The van der Waals surface area contributed by atoms with Crippen LogP contribution in [0.4, 0.5) is 0 Å². The van der Waals surface area contributed by atoms with Gasteiger partial charge in [-0.1, -0.05) is 0 Å². The minimum atomic E-state index is -4.28. The number of hydrogen-bond acceptors (Lipinski definition) is 5. The topological polar surface area (TPSA) is 101 Å². The van der Waals surface area contributed by atoms with E-state index >= 15 is 0 Å². The van der Waals surface area contributed by atoms with Crippen LogP contribution in [0, 0.1) is 11.5 Å². The number of aliphatic hydroxyl groups is 1. The van der Waals surface area contributed by atoms with Crippen molar-refractivity contribution in [2.45, 2.75) is 0 Å². The first-order valence-corrected chi connectivity index (χ1v) is 4.54. The van der Waals surface area contributed by atoms with Crippen molar-refractivity contribution >= 4 is 0 Å². The van der Waals surface area contributed by atoms with E-state index in [2.05, 4.69) is 0 Å². The molecule has 0 saturated heterocycles. The summed E-state index contributed by atoms with van der Waals surface area (Å²) in [6.45, 7) is 0. The summed E-state index contributed by atoms with van der Waals surface area (Å²) in [4.78, 5) is 0. The Morgan fingerprint density at radius 3 is 1.62 bits per heavy atom. The van der Waals surface area contributed by atoms with Crippen molar-refractivity contribution in [3.63, 3.8) is 0 Å². The molecule has 0 aliphatic carbocycles. The van der Waals surface area contributed by atoms with Crippen LogP contribution in [0.25, 0.3) is 0 Å². The molecule has 8 heavy (non-hydrogen) atoms. The second-order valence-electron chi connectivity index (χ2n) is 0.304. The zero-order valence-electron chi connectivity index (χ0n) is 4.03. The Morgan fingerprint density at radius 2 is 1.62 bits per heavy atom. The molecule has 5 nitrogen and oxygen atoms in total. The summed E-state index contributed by atoms with van der Waals surface area (Å²) >= 11 is -4.28. The third-order valence-corrected chi connectivity index (χ3v) is 0. The van der Waals surface area contributed by atoms with Gasteiger partial charge in [-0.25, -0.2) is 0 Å². The van der Waals surface area contributed by atoms with E-state index in [9.17, 15) is 0 Å². The van der Waals surface area contributed by atoms with Crippen molar-refractivity contribution in [2.24, 2.45) is 0 Å². The van der Waals surface area contributed by atoms with Gasteiger partial charge in [0.15, 0.2) is 0 Å². The first-order chi connectivity index (χ1) is 3.15. The summed E-state index contributed by atoms with van der Waals surface area (Å²) in [7, 11) is 0. The van der Waals surface area contributed by atoms with E-state index in [0.717, 1.165) is 6.26 Å². The molecule has 41 valence electrons. The van der Waals surface area contributed by atoms with Crippen LogP contribution >= 0.6 is 0 Å². The van der Waals surface area contributed by atoms with Crippen molar-refractivity contribution in [3.05, 3.63) is 0 Å². The number of nitrogens with zero attached hydrogens (tertiary/aromatic N) is 1. The van der Waals surface area contributed by atoms with Crippen LogP contribution in [0.1, 0.15) is 0 Å². The summed E-state index contributed by atoms with van der Waals surface area (Å²) in [5.41, 5.74) is 0. The Hall–Kier alpha value is 1.17. The Bertz CT molecular complexity index is 116. The van der Waals surface area contributed by atoms with Crippen LogP contribution < -0.4 is 55.1 Å². The molecule has 0 radical (unpaired) electrons. The predicted molar refractivity (Wildman–Crippen MR) is 8.92 cm³/mol. The maximum atomic E-state index is 8.61. The molecule has 0 atom stereocenters. The number of aliphatic hydroxyl groups excluding tert-OH is 1. The number of rotatable bonds is 0. The van der Waals surface area contributed by atoms with Gasteiger partial charge >= 0.3 is 79.6 Å². The summed E-state index contributed by atoms with van der Waals surface area (Å²) in [6.07, 6.45) is 0.750. The van der Waals surface area contributed by atoms with Gasteiger partial charge in [0.05, 0.1) is 0 Å². The Balaban J connectivity index is -0.0000000575. The third kappa shape index (κ3) is 198. The van der Waals surface area contributed by atoms with Crippen molar-refractivity contribution in [3.8, 4) is 6.26 Å². The van der Waals surface area contributed by atoms with Crippen molar-refractivity contribution in [1.29, 1.82) is 5.26 Å². The molecule has 0 saturated carbocycles. The first-order valence-electron chi connectivity index (χ1n) is 0.947. The van der Waals surface area contributed by atoms with Gasteiger partial charge in [-0.15, -0.1) is 0 Å². The van der Waals surface area contributed by atoms with Crippen molar-refractivity contribution in [2.75, 3.05) is 0 Å². The monoisotopic (exact) mass is 314 g/mol. The van der Waals surface area contributed by atoms with Crippen molar-refractivity contribution < 1.29 is 84.7 Å². The normalized spacial score (nSPS) is 4.00. The average molecular weight is 314 g/mol. The van der Waals surface area contributed by atoms with Gasteiger partial charge in [0.2, 0.25) is 0 Å². The van der Waals surface area contributed by atoms with Crippen LogP contribution in [-0.2, 0) is 24.4 Å². The molecule has 0 aliphatic rings. The van der Waals surface area contributed by atoms with Gasteiger partial charge < -0.3 is 5.11 Å². The molecule has 0 aromatic carbocycles. The molecule has 7 heteroatoms. The predicted octanol–water partition coefficient (Wildman–Crippen LogP) is -4.59. The summed E-state index contributed by atoms with van der Waals surface area (Å²) in [5, 5.41) is 13.8. The van der Waals surface area contributed by atoms with Gasteiger partial charge in [-0.3, -0.25) is 0 Å². The van der Waals surface area contributed by atoms with Crippen molar-refractivity contribution in [1.82, 2.24) is 0 Å². The molecular formula is CHKNO4W. The number of nitriles is 1. The van der Waals surface area contributed by atoms with Crippen LogP contribution in [0.3, 0.4) is 0 Å². The van der Waals surface area contributed by atoms with Crippen LogP contribution in [0.5, 0.6) is 0 Å². The third-order valence-electron chi connectivity index (χ3n) is 0. The molecule has 0 aliphatic heterocycles. The van der Waals surface area contributed by atoms with Crippen LogP contribution in [0.15, 0.2) is 0 Å². The Labute approximate surface area is 94.4 Å². The zero-order valence-corrected chi connectivity index (χ0v) is 10.1. The fourth-order valence-corrected chi connectivity index (χ4v) is 0. The van der Waals surface area contributed by atoms with E-state index in [1.54, 1.807) is 0 Å². The summed E-state index contributed by atoms with van der Waals surface area (Å²) in [5.74, 6) is 0. The Morgan fingerprint density at radius 1 is 1.62 bits per heavy atom. The molecular weight excluding hydrogens is 313 g/mol. The summed E-state index contributed by atoms with van der Waals surface area (Å²) < 4.78 is 25.8. The molecule has 1 N–H and O–H groups in total. The molecule has 0 rings (SSSR count). The van der Waals surface area contributed by atoms with Gasteiger partial charge in [0.25, 0.3) is 6.26 Å². The fraction of sp³-hybridized carbons (Fsp3) is 0.